The molecule has 2 aliphatic rings. The summed E-state index contributed by atoms with van der Waals surface area (Å²) in [4.78, 5) is 0. The standard InChI is InChI=1S/C8H8ClN2/c1-11-5-3-6-7(11)2-4-10-8(6)9/h2,4H,1,3,5H2/q-1. The van der Waals surface area contributed by atoms with Crippen molar-refractivity contribution in [3.05, 3.63) is 34.4 Å². The molecule has 0 radical (unpaired) electrons. The molecule has 0 aromatic carbocycles. The topological polar surface area (TPSA) is 17.1 Å². The Morgan fingerprint density at radius 2 is 2.55 bits per heavy atom. The lowest BCUT2D eigenvalue weighted by atomic mass is 10.1. The van der Waals surface area contributed by atoms with Crippen molar-refractivity contribution < 1.29 is 4.58 Å². The molecule has 0 aliphatic carbocycles. The maximum absolute atomic E-state index is 5.87. The average Bonchev–Trinajstić information content (AvgIpc) is 2.35. The van der Waals surface area contributed by atoms with Crippen molar-refractivity contribution in [2.24, 2.45) is 0 Å². The van der Waals surface area contributed by atoms with Gasteiger partial charge in [-0.2, -0.15) is 11.6 Å². The molecular weight excluding hydrogens is 160 g/mol. The second kappa shape index (κ2) is 2.31. The summed E-state index contributed by atoms with van der Waals surface area (Å²) >= 11 is 5.87. The number of halogens is 1. The molecular formula is C8H8ClN2-. The minimum atomic E-state index is 0.619. The van der Waals surface area contributed by atoms with Gasteiger partial charge in [-0.05, 0) is 0 Å². The summed E-state index contributed by atoms with van der Waals surface area (Å²) in [5.74, 6) is 0. The normalized spacial score (nSPS) is 22.3. The molecule has 0 N–H and O–H groups in total. The molecule has 0 saturated carbocycles. The van der Waals surface area contributed by atoms with Gasteiger partial charge in [-0.25, -0.2) is 0 Å². The van der Waals surface area contributed by atoms with Crippen LogP contribution in [-0.4, -0.2) is 17.8 Å². The lowest BCUT2D eigenvalue weighted by molar-refractivity contribution is -0.475. The van der Waals surface area contributed by atoms with Gasteiger partial charge in [-0.3, -0.25) is 10.8 Å². The van der Waals surface area contributed by atoms with Crippen molar-refractivity contribution in [3.63, 3.8) is 0 Å². The average molecular weight is 168 g/mol. The molecule has 1 fully saturated rings. The fraction of sp³-hybridized carbons (Fsp3) is 0.250. The van der Waals surface area contributed by atoms with Gasteiger partial charge in [-0.15, -0.1) is 5.16 Å². The Hall–Kier alpha value is -0.890. The molecule has 0 atom stereocenters. The van der Waals surface area contributed by atoms with Gasteiger partial charge in [-0.1, -0.05) is 11.6 Å². The maximum Gasteiger partial charge on any atom is 0.133 e. The summed E-state index contributed by atoms with van der Waals surface area (Å²) in [6, 6.07) is 1.12. The third-order valence-corrected chi connectivity index (χ3v) is 2.28. The monoisotopic (exact) mass is 167 g/mol. The van der Waals surface area contributed by atoms with Crippen LogP contribution in [0.3, 0.4) is 0 Å². The number of hydrogen-bond acceptors (Lipinski definition) is 0. The molecule has 0 bridgehead atoms. The molecule has 2 aliphatic heterocycles. The zero-order valence-electron chi connectivity index (χ0n) is 6.05. The van der Waals surface area contributed by atoms with Crippen LogP contribution in [0.4, 0.5) is 0 Å². The van der Waals surface area contributed by atoms with Gasteiger partial charge >= 0.3 is 0 Å². The van der Waals surface area contributed by atoms with E-state index in [9.17, 15) is 0 Å². The first-order valence-corrected chi connectivity index (χ1v) is 3.88. The molecule has 11 heavy (non-hydrogen) atoms. The van der Waals surface area contributed by atoms with Gasteiger partial charge in [0.25, 0.3) is 0 Å². The first-order valence-electron chi connectivity index (χ1n) is 3.50. The lowest BCUT2D eigenvalue weighted by Gasteiger charge is -2.30. The number of rotatable bonds is 0. The molecule has 0 aromatic rings. The predicted molar refractivity (Wildman–Crippen MR) is 45.5 cm³/mol. The van der Waals surface area contributed by atoms with E-state index in [2.05, 4.69) is 12.0 Å². The van der Waals surface area contributed by atoms with Crippen molar-refractivity contribution in [3.8, 4) is 0 Å². The van der Waals surface area contributed by atoms with Gasteiger partial charge in [0.1, 0.15) is 12.6 Å². The van der Waals surface area contributed by atoms with Crippen molar-refractivity contribution >= 4 is 18.3 Å². The SMILES string of the molecule is C=[N+]1CCC2=C(Cl)[N-]C=C[C-]21. The largest absolute Gasteiger partial charge is 0.741 e. The van der Waals surface area contributed by atoms with Gasteiger partial charge in [0.05, 0.1) is 6.72 Å². The molecule has 2 heterocycles. The van der Waals surface area contributed by atoms with E-state index in [4.69, 9.17) is 11.6 Å². The van der Waals surface area contributed by atoms with Gasteiger partial charge in [0, 0.05) is 6.42 Å². The molecule has 2 rings (SSSR count). The second-order valence-corrected chi connectivity index (χ2v) is 2.97. The van der Waals surface area contributed by atoms with Crippen LogP contribution in [0, 0.1) is 6.04 Å². The molecule has 0 amide bonds. The Kier molecular flexibility index (Phi) is 1.43. The van der Waals surface area contributed by atoms with Crippen molar-refractivity contribution in [2.75, 3.05) is 6.54 Å². The molecule has 0 spiro atoms. The summed E-state index contributed by atoms with van der Waals surface area (Å²) in [5.41, 5.74) is 1.13. The van der Waals surface area contributed by atoms with Crippen LogP contribution in [0.5, 0.6) is 0 Å². The van der Waals surface area contributed by atoms with E-state index in [1.807, 2.05) is 10.7 Å². The zero-order chi connectivity index (χ0) is 7.84. The Balaban J connectivity index is 2.39. The van der Waals surface area contributed by atoms with Crippen LogP contribution in [-0.2, 0) is 0 Å². The Labute approximate surface area is 70.9 Å². The van der Waals surface area contributed by atoms with Crippen LogP contribution in [0.2, 0.25) is 0 Å². The highest BCUT2D eigenvalue weighted by Gasteiger charge is 2.24. The number of fused-ring (bicyclic) bond motifs is 1. The number of hydrogen-bond donors (Lipinski definition) is 0. The van der Waals surface area contributed by atoms with E-state index in [1.54, 1.807) is 6.20 Å². The summed E-state index contributed by atoms with van der Waals surface area (Å²) in [7, 11) is 0. The molecule has 0 unspecified atom stereocenters. The Morgan fingerprint density at radius 1 is 1.73 bits per heavy atom. The van der Waals surface area contributed by atoms with E-state index in [0.29, 0.717) is 5.16 Å². The Morgan fingerprint density at radius 3 is 3.27 bits per heavy atom. The first kappa shape index (κ1) is 6.80. The van der Waals surface area contributed by atoms with E-state index in [1.165, 1.54) is 0 Å². The zero-order valence-corrected chi connectivity index (χ0v) is 6.80. The second-order valence-electron chi connectivity index (χ2n) is 2.61. The Bertz CT molecular complexity index is 265. The first-order chi connectivity index (χ1) is 5.29. The smallest absolute Gasteiger partial charge is 0.133 e. The fourth-order valence-corrected chi connectivity index (χ4v) is 1.60. The van der Waals surface area contributed by atoms with E-state index in [0.717, 1.165) is 24.6 Å². The third-order valence-electron chi connectivity index (χ3n) is 1.95. The van der Waals surface area contributed by atoms with E-state index in [-0.39, 0.29) is 0 Å². The minimum absolute atomic E-state index is 0.619. The van der Waals surface area contributed by atoms with Crippen LogP contribution in [0.25, 0.3) is 5.32 Å². The molecule has 3 heteroatoms. The molecule has 58 valence electrons. The molecule has 0 aromatic heterocycles. The van der Waals surface area contributed by atoms with Gasteiger partial charge in [0.15, 0.2) is 0 Å². The van der Waals surface area contributed by atoms with Gasteiger partial charge < -0.3 is 5.32 Å². The summed E-state index contributed by atoms with van der Waals surface area (Å²) in [5, 5.41) is 4.62. The third kappa shape index (κ3) is 0.942. The summed E-state index contributed by atoms with van der Waals surface area (Å²) < 4.78 is 1.95. The van der Waals surface area contributed by atoms with Crippen LogP contribution in [0.1, 0.15) is 6.42 Å². The quantitative estimate of drug-likeness (QED) is 0.298. The van der Waals surface area contributed by atoms with E-state index >= 15 is 0 Å². The van der Waals surface area contributed by atoms with Crippen molar-refractivity contribution in [1.29, 1.82) is 0 Å². The fourth-order valence-electron chi connectivity index (χ4n) is 1.35. The van der Waals surface area contributed by atoms with Crippen LogP contribution >= 0.6 is 11.6 Å². The van der Waals surface area contributed by atoms with Crippen LogP contribution < -0.4 is 0 Å². The lowest BCUT2D eigenvalue weighted by Crippen LogP contribution is -2.08. The van der Waals surface area contributed by atoms with E-state index < -0.39 is 0 Å². The highest BCUT2D eigenvalue weighted by Crippen LogP contribution is 2.36. The minimum Gasteiger partial charge on any atom is -0.741 e. The summed E-state index contributed by atoms with van der Waals surface area (Å²) in [6.45, 7) is 4.81. The number of nitrogens with zero attached hydrogens (tertiary/aromatic N) is 2. The van der Waals surface area contributed by atoms with Crippen molar-refractivity contribution in [2.45, 2.75) is 6.42 Å². The molecule has 1 saturated heterocycles. The predicted octanol–water partition coefficient (Wildman–Crippen LogP) is 1.99. The van der Waals surface area contributed by atoms with Crippen LogP contribution in [0.15, 0.2) is 23.0 Å². The van der Waals surface area contributed by atoms with Crippen molar-refractivity contribution in [1.82, 2.24) is 0 Å². The molecule has 2 nitrogen and oxygen atoms in total. The van der Waals surface area contributed by atoms with Gasteiger partial charge in [0.2, 0.25) is 0 Å². The highest BCUT2D eigenvalue weighted by atomic mass is 35.5. The summed E-state index contributed by atoms with van der Waals surface area (Å²) in [6.07, 6.45) is 4.62. The highest BCUT2D eigenvalue weighted by molar-refractivity contribution is 6.32. The maximum atomic E-state index is 5.87.